The standard InChI is InChI=1S/C35H50ClNO2/c1-3-5-6-7-8-9-10-11-12-13-14-15-16-17-22-30-31-25-24-28(35(38)39)26-34(31)37(33(30)20-4-2)27-29-21-18-19-23-32(29)36/h18-19,21,23-26H,3-17,20,22,27H2,1-2H3,(H,38,39). The molecule has 3 aromatic rings. The summed E-state index contributed by atoms with van der Waals surface area (Å²) in [5.74, 6) is -0.882. The highest BCUT2D eigenvalue weighted by Gasteiger charge is 2.19. The quantitative estimate of drug-likeness (QED) is 0.142. The summed E-state index contributed by atoms with van der Waals surface area (Å²) < 4.78 is 2.33. The Morgan fingerprint density at radius 3 is 1.90 bits per heavy atom. The number of aromatic carboxylic acids is 1. The van der Waals surface area contributed by atoms with Crippen molar-refractivity contribution in [3.8, 4) is 0 Å². The van der Waals surface area contributed by atoms with Crippen LogP contribution in [0.2, 0.25) is 5.02 Å². The normalized spacial score (nSPS) is 11.5. The zero-order valence-electron chi connectivity index (χ0n) is 24.5. The average Bonchev–Trinajstić information content (AvgIpc) is 3.21. The van der Waals surface area contributed by atoms with E-state index in [4.69, 9.17) is 11.6 Å². The zero-order valence-corrected chi connectivity index (χ0v) is 25.2. The lowest BCUT2D eigenvalue weighted by Gasteiger charge is -2.13. The van der Waals surface area contributed by atoms with E-state index in [1.807, 2.05) is 30.3 Å². The number of nitrogens with zero attached hydrogens (tertiary/aromatic N) is 1. The molecule has 0 amide bonds. The van der Waals surface area contributed by atoms with Crippen LogP contribution in [0.4, 0.5) is 0 Å². The molecule has 39 heavy (non-hydrogen) atoms. The number of halogens is 1. The van der Waals surface area contributed by atoms with Crippen molar-refractivity contribution in [2.75, 3.05) is 0 Å². The van der Waals surface area contributed by atoms with Gasteiger partial charge in [0.05, 0.1) is 5.56 Å². The number of aromatic nitrogens is 1. The lowest BCUT2D eigenvalue weighted by molar-refractivity contribution is 0.0697. The Hall–Kier alpha value is -2.26. The van der Waals surface area contributed by atoms with Gasteiger partial charge in [-0.15, -0.1) is 0 Å². The van der Waals surface area contributed by atoms with Crippen LogP contribution in [0.5, 0.6) is 0 Å². The van der Waals surface area contributed by atoms with E-state index in [9.17, 15) is 9.90 Å². The van der Waals surface area contributed by atoms with Gasteiger partial charge in [-0.05, 0) is 48.6 Å². The first-order valence-electron chi connectivity index (χ1n) is 15.7. The second-order valence-corrected chi connectivity index (χ2v) is 11.6. The van der Waals surface area contributed by atoms with Gasteiger partial charge in [0.2, 0.25) is 0 Å². The fraction of sp³-hybridized carbons (Fsp3) is 0.571. The van der Waals surface area contributed by atoms with Gasteiger partial charge in [-0.1, -0.05) is 140 Å². The molecule has 3 rings (SSSR count). The molecule has 214 valence electrons. The fourth-order valence-electron chi connectivity index (χ4n) is 5.88. The molecule has 0 spiro atoms. The second-order valence-electron chi connectivity index (χ2n) is 11.2. The van der Waals surface area contributed by atoms with Crippen molar-refractivity contribution in [3.05, 3.63) is 69.9 Å². The minimum atomic E-state index is -0.882. The summed E-state index contributed by atoms with van der Waals surface area (Å²) in [5, 5.41) is 11.6. The van der Waals surface area contributed by atoms with Crippen LogP contribution in [-0.4, -0.2) is 15.6 Å². The molecule has 1 heterocycles. The summed E-state index contributed by atoms with van der Waals surface area (Å²) in [5.41, 5.74) is 5.15. The number of aryl methyl sites for hydroxylation is 1. The fourth-order valence-corrected chi connectivity index (χ4v) is 6.08. The first-order chi connectivity index (χ1) is 19.1. The molecule has 1 N–H and O–H groups in total. The number of hydrogen-bond acceptors (Lipinski definition) is 1. The monoisotopic (exact) mass is 551 g/mol. The summed E-state index contributed by atoms with van der Waals surface area (Å²) in [6, 6.07) is 13.6. The third-order valence-corrected chi connectivity index (χ3v) is 8.46. The smallest absolute Gasteiger partial charge is 0.335 e. The van der Waals surface area contributed by atoms with E-state index in [1.54, 1.807) is 6.07 Å². The number of rotatable bonds is 20. The molecule has 3 nitrogen and oxygen atoms in total. The minimum Gasteiger partial charge on any atom is -0.478 e. The summed E-state index contributed by atoms with van der Waals surface area (Å²) >= 11 is 6.54. The number of benzene rings is 2. The molecule has 1 aromatic heterocycles. The van der Waals surface area contributed by atoms with Gasteiger partial charge in [-0.2, -0.15) is 0 Å². The van der Waals surface area contributed by atoms with E-state index in [0.717, 1.165) is 35.4 Å². The van der Waals surface area contributed by atoms with Crippen molar-refractivity contribution in [1.29, 1.82) is 0 Å². The zero-order chi connectivity index (χ0) is 27.9. The summed E-state index contributed by atoms with van der Waals surface area (Å²) in [4.78, 5) is 11.8. The molecule has 0 unspecified atom stereocenters. The van der Waals surface area contributed by atoms with E-state index in [0.29, 0.717) is 12.1 Å². The third-order valence-electron chi connectivity index (χ3n) is 8.09. The Kier molecular flexibility index (Phi) is 14.0. The van der Waals surface area contributed by atoms with Crippen LogP contribution in [0.1, 0.15) is 137 Å². The molecular formula is C35H50ClNO2. The predicted molar refractivity (Wildman–Crippen MR) is 167 cm³/mol. The first kappa shape index (κ1) is 31.3. The van der Waals surface area contributed by atoms with Crippen LogP contribution in [0, 0.1) is 0 Å². The minimum absolute atomic E-state index is 0.339. The Labute approximate surface area is 242 Å². The van der Waals surface area contributed by atoms with Crippen LogP contribution in [0.25, 0.3) is 10.9 Å². The molecule has 0 atom stereocenters. The molecule has 0 aliphatic rings. The lowest BCUT2D eigenvalue weighted by atomic mass is 9.99. The van der Waals surface area contributed by atoms with Crippen molar-refractivity contribution in [2.24, 2.45) is 0 Å². The maximum Gasteiger partial charge on any atom is 0.335 e. The molecule has 0 aliphatic carbocycles. The molecule has 4 heteroatoms. The van der Waals surface area contributed by atoms with Crippen LogP contribution < -0.4 is 0 Å². The van der Waals surface area contributed by atoms with Crippen molar-refractivity contribution in [3.63, 3.8) is 0 Å². The lowest BCUT2D eigenvalue weighted by Crippen LogP contribution is -2.07. The Balaban J connectivity index is 1.57. The van der Waals surface area contributed by atoms with Gasteiger partial charge in [0.15, 0.2) is 0 Å². The van der Waals surface area contributed by atoms with Crippen LogP contribution in [0.15, 0.2) is 42.5 Å². The highest BCUT2D eigenvalue weighted by atomic mass is 35.5. The summed E-state index contributed by atoms with van der Waals surface area (Å²) in [7, 11) is 0. The number of carboxylic acid groups (broad SMARTS) is 1. The molecule has 0 saturated carbocycles. The molecule has 0 fully saturated rings. The van der Waals surface area contributed by atoms with E-state index < -0.39 is 5.97 Å². The predicted octanol–water partition coefficient (Wildman–Crippen LogP) is 11.0. The Morgan fingerprint density at radius 1 is 0.744 bits per heavy atom. The number of unbranched alkanes of at least 4 members (excludes halogenated alkanes) is 13. The topological polar surface area (TPSA) is 42.2 Å². The number of carbonyl (C=O) groups is 1. The molecular weight excluding hydrogens is 502 g/mol. The van der Waals surface area contributed by atoms with Gasteiger partial charge in [-0.25, -0.2) is 4.79 Å². The maximum atomic E-state index is 11.8. The van der Waals surface area contributed by atoms with Gasteiger partial charge in [0.1, 0.15) is 0 Å². The van der Waals surface area contributed by atoms with Crippen molar-refractivity contribution >= 4 is 28.5 Å². The average molecular weight is 552 g/mol. The van der Waals surface area contributed by atoms with Crippen LogP contribution >= 0.6 is 11.6 Å². The van der Waals surface area contributed by atoms with Gasteiger partial charge in [0, 0.05) is 28.2 Å². The van der Waals surface area contributed by atoms with E-state index in [2.05, 4.69) is 24.5 Å². The Morgan fingerprint density at radius 2 is 1.33 bits per heavy atom. The largest absolute Gasteiger partial charge is 0.478 e. The first-order valence-corrected chi connectivity index (χ1v) is 16.0. The molecule has 0 saturated heterocycles. The molecule has 0 radical (unpaired) electrons. The van der Waals surface area contributed by atoms with E-state index in [-0.39, 0.29) is 0 Å². The summed E-state index contributed by atoms with van der Waals surface area (Å²) in [6.07, 6.45) is 22.1. The molecule has 2 aromatic carbocycles. The summed E-state index contributed by atoms with van der Waals surface area (Å²) in [6.45, 7) is 5.16. The van der Waals surface area contributed by atoms with E-state index >= 15 is 0 Å². The number of hydrogen-bond donors (Lipinski definition) is 1. The van der Waals surface area contributed by atoms with E-state index in [1.165, 1.54) is 107 Å². The number of carboxylic acids is 1. The van der Waals surface area contributed by atoms with Crippen molar-refractivity contribution < 1.29 is 9.90 Å². The van der Waals surface area contributed by atoms with Crippen molar-refractivity contribution in [1.82, 2.24) is 4.57 Å². The van der Waals surface area contributed by atoms with Crippen molar-refractivity contribution in [2.45, 2.75) is 130 Å². The van der Waals surface area contributed by atoms with Crippen LogP contribution in [0.3, 0.4) is 0 Å². The maximum absolute atomic E-state index is 11.8. The SMILES string of the molecule is CCCCCCCCCCCCCCCCc1c(CCC)n(Cc2ccccc2Cl)c2cc(C(=O)O)ccc12. The van der Waals surface area contributed by atoms with Gasteiger partial charge < -0.3 is 9.67 Å². The number of fused-ring (bicyclic) bond motifs is 1. The van der Waals surface area contributed by atoms with Gasteiger partial charge in [0.25, 0.3) is 0 Å². The van der Waals surface area contributed by atoms with Gasteiger partial charge >= 0.3 is 5.97 Å². The highest BCUT2D eigenvalue weighted by molar-refractivity contribution is 6.31. The second kappa shape index (κ2) is 17.4. The Bertz CT molecular complexity index is 1150. The van der Waals surface area contributed by atoms with Crippen LogP contribution in [-0.2, 0) is 19.4 Å². The highest BCUT2D eigenvalue weighted by Crippen LogP contribution is 2.32. The third kappa shape index (κ3) is 9.71. The molecule has 0 bridgehead atoms. The molecule has 0 aliphatic heterocycles. The van der Waals surface area contributed by atoms with Gasteiger partial charge in [-0.3, -0.25) is 0 Å².